The monoisotopic (exact) mass is 348 g/mol. The molecule has 0 saturated carbocycles. The average Bonchev–Trinajstić information content (AvgIpc) is 3.10. The first-order valence-electron chi connectivity index (χ1n) is 8.79. The second-order valence-electron chi connectivity index (χ2n) is 5.97. The van der Waals surface area contributed by atoms with E-state index in [2.05, 4.69) is 37.0 Å². The van der Waals surface area contributed by atoms with Crippen LogP contribution in [0.1, 0.15) is 17.1 Å². The van der Waals surface area contributed by atoms with Gasteiger partial charge in [-0.1, -0.05) is 36.4 Å². The molecule has 0 aliphatic carbocycles. The van der Waals surface area contributed by atoms with Gasteiger partial charge >= 0.3 is 0 Å². The number of benzene rings is 1. The summed E-state index contributed by atoms with van der Waals surface area (Å²) in [6, 6.07) is 16.3. The lowest BCUT2D eigenvalue weighted by atomic mass is 10.2. The Morgan fingerprint density at radius 3 is 2.65 bits per heavy atom. The van der Waals surface area contributed by atoms with E-state index in [0.717, 1.165) is 37.4 Å². The summed E-state index contributed by atoms with van der Waals surface area (Å²) in [5, 5.41) is 3.13. The van der Waals surface area contributed by atoms with Crippen LogP contribution in [0.4, 0.5) is 0 Å². The van der Waals surface area contributed by atoms with Gasteiger partial charge in [0.05, 0.1) is 0 Å². The lowest BCUT2D eigenvalue weighted by Gasteiger charge is -2.08. The van der Waals surface area contributed by atoms with Crippen LogP contribution in [0.25, 0.3) is 0 Å². The molecular weight excluding hydrogens is 324 g/mol. The summed E-state index contributed by atoms with van der Waals surface area (Å²) in [6.45, 7) is 2.14. The van der Waals surface area contributed by atoms with Crippen LogP contribution in [0.2, 0.25) is 0 Å². The van der Waals surface area contributed by atoms with Crippen LogP contribution in [-0.4, -0.2) is 33.6 Å². The number of hydrogen-bond donors (Lipinski definition) is 2. The highest BCUT2D eigenvalue weighted by atomic mass is 15.1. The molecule has 0 fully saturated rings. The largest absolute Gasteiger partial charge is 0.370 e. The first kappa shape index (κ1) is 17.7. The average molecular weight is 348 g/mol. The highest BCUT2D eigenvalue weighted by molar-refractivity contribution is 5.77. The van der Waals surface area contributed by atoms with Gasteiger partial charge < -0.3 is 15.6 Å². The molecular formula is C20H24N6. The molecule has 0 amide bonds. The van der Waals surface area contributed by atoms with E-state index in [9.17, 15) is 0 Å². The molecule has 0 aliphatic rings. The van der Waals surface area contributed by atoms with Gasteiger partial charge in [0.2, 0.25) is 0 Å². The molecule has 0 radical (unpaired) electrons. The van der Waals surface area contributed by atoms with Crippen molar-refractivity contribution in [2.75, 3.05) is 13.1 Å². The van der Waals surface area contributed by atoms with Crippen molar-refractivity contribution in [1.82, 2.24) is 19.9 Å². The number of pyridine rings is 1. The summed E-state index contributed by atoms with van der Waals surface area (Å²) in [6.07, 6.45) is 7.20. The predicted molar refractivity (Wildman–Crippen MR) is 104 cm³/mol. The van der Waals surface area contributed by atoms with Gasteiger partial charge in [0, 0.05) is 56.8 Å². The van der Waals surface area contributed by atoms with E-state index in [1.165, 1.54) is 5.56 Å². The van der Waals surface area contributed by atoms with E-state index in [1.807, 2.05) is 48.8 Å². The third-order valence-electron chi connectivity index (χ3n) is 4.03. The summed E-state index contributed by atoms with van der Waals surface area (Å²) < 4.78 is 2.15. The maximum atomic E-state index is 5.93. The predicted octanol–water partition coefficient (Wildman–Crippen LogP) is 2.02. The van der Waals surface area contributed by atoms with Gasteiger partial charge in [-0.25, -0.2) is 4.98 Å². The summed E-state index contributed by atoms with van der Waals surface area (Å²) in [7, 11) is 0. The first-order chi connectivity index (χ1) is 12.8. The minimum absolute atomic E-state index is 0.460. The Balaban J connectivity index is 1.44. The minimum atomic E-state index is 0.460. The van der Waals surface area contributed by atoms with Gasteiger partial charge in [-0.05, 0) is 17.7 Å². The van der Waals surface area contributed by atoms with Crippen molar-refractivity contribution in [2.24, 2.45) is 10.7 Å². The molecule has 0 bridgehead atoms. The van der Waals surface area contributed by atoms with Crippen molar-refractivity contribution in [3.05, 3.63) is 84.2 Å². The zero-order valence-electron chi connectivity index (χ0n) is 14.8. The summed E-state index contributed by atoms with van der Waals surface area (Å²) in [4.78, 5) is 13.1. The van der Waals surface area contributed by atoms with E-state index < -0.39 is 0 Å². The van der Waals surface area contributed by atoms with E-state index in [4.69, 9.17) is 5.73 Å². The van der Waals surface area contributed by atoms with Gasteiger partial charge in [-0.3, -0.25) is 9.98 Å². The lowest BCUT2D eigenvalue weighted by Crippen LogP contribution is -2.33. The van der Waals surface area contributed by atoms with Crippen LogP contribution < -0.4 is 11.1 Å². The van der Waals surface area contributed by atoms with E-state index in [0.29, 0.717) is 12.5 Å². The van der Waals surface area contributed by atoms with Gasteiger partial charge in [0.25, 0.3) is 0 Å². The van der Waals surface area contributed by atoms with Crippen molar-refractivity contribution in [2.45, 2.75) is 19.4 Å². The van der Waals surface area contributed by atoms with Crippen LogP contribution in [0.15, 0.2) is 72.1 Å². The molecule has 6 nitrogen and oxygen atoms in total. The number of guanidine groups is 1. The van der Waals surface area contributed by atoms with Crippen LogP contribution in [-0.2, 0) is 19.4 Å². The number of hydrogen-bond acceptors (Lipinski definition) is 3. The molecule has 3 N–H and O–H groups in total. The van der Waals surface area contributed by atoms with Gasteiger partial charge in [0.15, 0.2) is 5.96 Å². The third kappa shape index (κ3) is 5.44. The van der Waals surface area contributed by atoms with Crippen molar-refractivity contribution in [3.63, 3.8) is 0 Å². The van der Waals surface area contributed by atoms with Crippen molar-refractivity contribution in [3.8, 4) is 0 Å². The molecule has 3 aromatic rings. The Kier molecular flexibility index (Phi) is 6.36. The SMILES string of the molecule is NC(=NCCc1nccn1Cc1ccccc1)NCCc1ccccn1. The maximum absolute atomic E-state index is 5.93. The van der Waals surface area contributed by atoms with Gasteiger partial charge in [-0.15, -0.1) is 0 Å². The molecule has 0 atom stereocenters. The molecule has 26 heavy (non-hydrogen) atoms. The molecule has 0 saturated heterocycles. The summed E-state index contributed by atoms with van der Waals surface area (Å²) in [5.41, 5.74) is 8.22. The van der Waals surface area contributed by atoms with Crippen molar-refractivity contribution < 1.29 is 0 Å². The highest BCUT2D eigenvalue weighted by Crippen LogP contribution is 2.06. The second kappa shape index (κ2) is 9.36. The molecule has 0 unspecified atom stereocenters. The molecule has 0 spiro atoms. The number of rotatable bonds is 8. The highest BCUT2D eigenvalue weighted by Gasteiger charge is 2.03. The Hall–Kier alpha value is -3.15. The minimum Gasteiger partial charge on any atom is -0.370 e. The fourth-order valence-corrected chi connectivity index (χ4v) is 2.69. The number of aromatic nitrogens is 3. The Morgan fingerprint density at radius 1 is 1.00 bits per heavy atom. The topological polar surface area (TPSA) is 81.1 Å². The zero-order valence-corrected chi connectivity index (χ0v) is 14.8. The van der Waals surface area contributed by atoms with Crippen LogP contribution in [0.3, 0.4) is 0 Å². The van der Waals surface area contributed by atoms with Crippen LogP contribution in [0, 0.1) is 0 Å². The molecule has 134 valence electrons. The van der Waals surface area contributed by atoms with Crippen LogP contribution in [0.5, 0.6) is 0 Å². The molecule has 2 aromatic heterocycles. The molecule has 2 heterocycles. The first-order valence-corrected chi connectivity index (χ1v) is 8.79. The Bertz CT molecular complexity index is 811. The van der Waals surface area contributed by atoms with Crippen LogP contribution >= 0.6 is 0 Å². The second-order valence-corrected chi connectivity index (χ2v) is 5.97. The zero-order chi connectivity index (χ0) is 18.0. The summed E-state index contributed by atoms with van der Waals surface area (Å²) in [5.74, 6) is 1.47. The van der Waals surface area contributed by atoms with E-state index >= 15 is 0 Å². The molecule has 0 aliphatic heterocycles. The standard InChI is InChI=1S/C20H24N6/c21-20(24-12-9-18-8-4-5-11-22-18)25-13-10-19-23-14-15-26(19)16-17-6-2-1-3-7-17/h1-8,11,14-15H,9-10,12-13,16H2,(H3,21,24,25). The Morgan fingerprint density at radius 2 is 1.85 bits per heavy atom. The van der Waals surface area contributed by atoms with Gasteiger partial charge in [0.1, 0.15) is 5.82 Å². The number of nitrogens with two attached hydrogens (primary N) is 1. The fraction of sp³-hybridized carbons (Fsp3) is 0.250. The lowest BCUT2D eigenvalue weighted by molar-refractivity contribution is 0.715. The Labute approximate surface area is 153 Å². The fourth-order valence-electron chi connectivity index (χ4n) is 2.69. The number of aliphatic imine (C=N–C) groups is 1. The normalized spacial score (nSPS) is 11.5. The number of nitrogens with one attached hydrogen (secondary N) is 1. The van der Waals surface area contributed by atoms with E-state index in [1.54, 1.807) is 6.20 Å². The van der Waals surface area contributed by atoms with E-state index in [-0.39, 0.29) is 0 Å². The molecule has 6 heteroatoms. The quantitative estimate of drug-likeness (QED) is 0.482. The summed E-state index contributed by atoms with van der Waals surface area (Å²) >= 11 is 0. The van der Waals surface area contributed by atoms with Crippen molar-refractivity contribution in [1.29, 1.82) is 0 Å². The molecule has 3 rings (SSSR count). The number of nitrogens with zero attached hydrogens (tertiary/aromatic N) is 4. The third-order valence-corrected chi connectivity index (χ3v) is 4.03. The maximum Gasteiger partial charge on any atom is 0.188 e. The molecule has 1 aromatic carbocycles. The van der Waals surface area contributed by atoms with Gasteiger partial charge in [-0.2, -0.15) is 0 Å². The number of imidazole rings is 1. The van der Waals surface area contributed by atoms with Crippen molar-refractivity contribution >= 4 is 5.96 Å². The smallest absolute Gasteiger partial charge is 0.188 e.